The smallest absolute Gasteiger partial charge is 0.257 e. The van der Waals surface area contributed by atoms with Crippen LogP contribution in [0, 0.1) is 11.3 Å². The van der Waals surface area contributed by atoms with Gasteiger partial charge in [-0.1, -0.05) is 19.9 Å². The Labute approximate surface area is 141 Å². The Balaban J connectivity index is 2.40. The van der Waals surface area contributed by atoms with Gasteiger partial charge in [0.15, 0.2) is 0 Å². The zero-order valence-electron chi connectivity index (χ0n) is 14.3. The van der Waals surface area contributed by atoms with E-state index < -0.39 is 0 Å². The number of amides is 1. The molecule has 0 bridgehead atoms. The van der Waals surface area contributed by atoms with E-state index in [2.05, 4.69) is 16.3 Å². The number of rotatable bonds is 5. The fourth-order valence-electron chi connectivity index (χ4n) is 2.40. The van der Waals surface area contributed by atoms with Gasteiger partial charge in [0, 0.05) is 19.7 Å². The van der Waals surface area contributed by atoms with Crippen molar-refractivity contribution in [3.05, 3.63) is 46.6 Å². The molecule has 0 saturated carbocycles. The summed E-state index contributed by atoms with van der Waals surface area (Å²) >= 11 is 0. The van der Waals surface area contributed by atoms with Crippen molar-refractivity contribution in [1.29, 1.82) is 5.26 Å². The molecule has 0 radical (unpaired) electrons. The maximum Gasteiger partial charge on any atom is 0.257 e. The fraction of sp³-hybridized carbons (Fsp3) is 0.333. The topological polar surface area (TPSA) is 79.1 Å². The van der Waals surface area contributed by atoms with Gasteiger partial charge in [0.05, 0.1) is 5.69 Å². The minimum Gasteiger partial charge on any atom is -0.437 e. The quantitative estimate of drug-likeness (QED) is 0.845. The first-order valence-corrected chi connectivity index (χ1v) is 7.79. The summed E-state index contributed by atoms with van der Waals surface area (Å²) in [6.45, 7) is 3.94. The van der Waals surface area contributed by atoms with Gasteiger partial charge in [0.2, 0.25) is 0 Å². The molecule has 0 aliphatic heterocycles. The van der Waals surface area contributed by atoms with Gasteiger partial charge in [-0.15, -0.1) is 5.10 Å². The molecule has 1 heterocycles. The average Bonchev–Trinajstić information content (AvgIpc) is 2.60. The third kappa shape index (κ3) is 3.51. The van der Waals surface area contributed by atoms with E-state index in [9.17, 15) is 10.1 Å². The van der Waals surface area contributed by atoms with Crippen molar-refractivity contribution >= 4 is 5.91 Å². The highest BCUT2D eigenvalue weighted by molar-refractivity contribution is 5.94. The van der Waals surface area contributed by atoms with Gasteiger partial charge in [0.25, 0.3) is 11.8 Å². The van der Waals surface area contributed by atoms with Crippen LogP contribution in [0.2, 0.25) is 0 Å². The van der Waals surface area contributed by atoms with Crippen molar-refractivity contribution in [2.45, 2.75) is 26.7 Å². The Kier molecular flexibility index (Phi) is 5.48. The van der Waals surface area contributed by atoms with Gasteiger partial charge in [-0.2, -0.15) is 10.4 Å². The second-order valence-electron chi connectivity index (χ2n) is 5.45. The van der Waals surface area contributed by atoms with Gasteiger partial charge >= 0.3 is 0 Å². The summed E-state index contributed by atoms with van der Waals surface area (Å²) in [7, 11) is 3.37. The van der Waals surface area contributed by atoms with Gasteiger partial charge < -0.3 is 9.64 Å². The number of carbonyl (C=O) groups is 1. The first kappa shape index (κ1) is 17.4. The summed E-state index contributed by atoms with van der Waals surface area (Å²) in [4.78, 5) is 13.5. The minimum atomic E-state index is -0.123. The predicted octanol–water partition coefficient (Wildman–Crippen LogP) is 2.97. The molecule has 0 N–H and O–H groups in total. The van der Waals surface area contributed by atoms with Crippen LogP contribution in [0.15, 0.2) is 24.3 Å². The number of aryl methyl sites for hydroxylation is 1. The summed E-state index contributed by atoms with van der Waals surface area (Å²) in [6, 6.07) is 8.95. The van der Waals surface area contributed by atoms with Crippen LogP contribution in [0.1, 0.15) is 41.0 Å². The first-order valence-electron chi connectivity index (χ1n) is 7.79. The van der Waals surface area contributed by atoms with E-state index in [0.29, 0.717) is 29.7 Å². The summed E-state index contributed by atoms with van der Waals surface area (Å²) in [5.41, 5.74) is 2.56. The lowest BCUT2D eigenvalue weighted by Crippen LogP contribution is -2.21. The molecule has 0 spiro atoms. The molecule has 0 unspecified atom stereocenters. The monoisotopic (exact) mass is 324 g/mol. The number of ether oxygens (including phenoxy) is 1. The highest BCUT2D eigenvalue weighted by Gasteiger charge is 2.17. The second kappa shape index (κ2) is 7.55. The summed E-state index contributed by atoms with van der Waals surface area (Å²) in [5, 5.41) is 17.7. The SMILES string of the molecule is CCc1nnc(Oc2cccc(C(=O)N(C)C)c2)c(C#N)c1CC. The van der Waals surface area contributed by atoms with E-state index in [4.69, 9.17) is 4.74 Å². The molecule has 2 rings (SSSR count). The number of nitriles is 1. The predicted molar refractivity (Wildman–Crippen MR) is 90.0 cm³/mol. The van der Waals surface area contributed by atoms with Crippen molar-refractivity contribution in [1.82, 2.24) is 15.1 Å². The molecule has 1 aromatic carbocycles. The van der Waals surface area contributed by atoms with E-state index in [1.54, 1.807) is 38.4 Å². The average molecular weight is 324 g/mol. The lowest BCUT2D eigenvalue weighted by atomic mass is 10.0. The Hall–Kier alpha value is -2.94. The number of aromatic nitrogens is 2. The van der Waals surface area contributed by atoms with Crippen molar-refractivity contribution in [2.24, 2.45) is 0 Å². The highest BCUT2D eigenvalue weighted by atomic mass is 16.5. The Morgan fingerprint density at radius 1 is 1.25 bits per heavy atom. The third-order valence-corrected chi connectivity index (χ3v) is 3.63. The highest BCUT2D eigenvalue weighted by Crippen LogP contribution is 2.27. The summed E-state index contributed by atoms with van der Waals surface area (Å²) in [5.74, 6) is 0.489. The number of benzene rings is 1. The zero-order valence-corrected chi connectivity index (χ0v) is 14.3. The van der Waals surface area contributed by atoms with Crippen LogP contribution in [0.4, 0.5) is 0 Å². The van der Waals surface area contributed by atoms with Gasteiger partial charge in [-0.25, -0.2) is 0 Å². The van der Waals surface area contributed by atoms with Gasteiger partial charge in [-0.05, 0) is 36.6 Å². The molecule has 1 amide bonds. The minimum absolute atomic E-state index is 0.123. The summed E-state index contributed by atoms with van der Waals surface area (Å²) in [6.07, 6.45) is 1.38. The van der Waals surface area contributed by atoms with E-state index in [1.807, 2.05) is 13.8 Å². The number of carbonyl (C=O) groups excluding carboxylic acids is 1. The van der Waals surface area contributed by atoms with E-state index >= 15 is 0 Å². The molecule has 2 aromatic rings. The van der Waals surface area contributed by atoms with Crippen LogP contribution < -0.4 is 4.74 Å². The Bertz CT molecular complexity index is 794. The Morgan fingerprint density at radius 2 is 2.00 bits per heavy atom. The van der Waals surface area contributed by atoms with Crippen LogP contribution in [0.25, 0.3) is 0 Å². The van der Waals surface area contributed by atoms with Gasteiger partial charge in [-0.3, -0.25) is 4.79 Å². The molecule has 0 atom stereocenters. The molecule has 0 fully saturated rings. The molecule has 124 valence electrons. The fourth-order valence-corrected chi connectivity index (χ4v) is 2.40. The molecular weight excluding hydrogens is 304 g/mol. The maximum absolute atomic E-state index is 12.0. The van der Waals surface area contributed by atoms with Crippen LogP contribution >= 0.6 is 0 Å². The maximum atomic E-state index is 12.0. The zero-order chi connectivity index (χ0) is 17.7. The van der Waals surface area contributed by atoms with Crippen LogP contribution in [-0.2, 0) is 12.8 Å². The van der Waals surface area contributed by atoms with Crippen molar-refractivity contribution in [2.75, 3.05) is 14.1 Å². The summed E-state index contributed by atoms with van der Waals surface area (Å²) < 4.78 is 5.75. The van der Waals surface area contributed by atoms with Crippen LogP contribution in [0.3, 0.4) is 0 Å². The standard InChI is InChI=1S/C18H20N4O2/c1-5-14-15(11-19)17(21-20-16(14)6-2)24-13-9-7-8-12(10-13)18(23)22(3)4/h7-10H,5-6H2,1-4H3. The van der Waals surface area contributed by atoms with Gasteiger partial charge in [0.1, 0.15) is 17.4 Å². The number of nitrogens with zero attached hydrogens (tertiary/aromatic N) is 4. The molecule has 24 heavy (non-hydrogen) atoms. The lowest BCUT2D eigenvalue weighted by Gasteiger charge is -2.13. The van der Waals surface area contributed by atoms with Crippen molar-refractivity contribution in [3.63, 3.8) is 0 Å². The van der Waals surface area contributed by atoms with Crippen LogP contribution in [-0.4, -0.2) is 35.1 Å². The van der Waals surface area contributed by atoms with E-state index in [-0.39, 0.29) is 11.8 Å². The molecule has 6 heteroatoms. The van der Waals surface area contributed by atoms with Crippen molar-refractivity contribution in [3.8, 4) is 17.7 Å². The van der Waals surface area contributed by atoms with E-state index in [0.717, 1.165) is 11.3 Å². The van der Waals surface area contributed by atoms with E-state index in [1.165, 1.54) is 4.90 Å². The third-order valence-electron chi connectivity index (χ3n) is 3.63. The number of hydrogen-bond donors (Lipinski definition) is 0. The molecule has 0 aliphatic carbocycles. The number of hydrogen-bond acceptors (Lipinski definition) is 5. The molecule has 0 aliphatic rings. The van der Waals surface area contributed by atoms with Crippen LogP contribution in [0.5, 0.6) is 11.6 Å². The van der Waals surface area contributed by atoms with Crippen molar-refractivity contribution < 1.29 is 9.53 Å². The molecule has 6 nitrogen and oxygen atoms in total. The lowest BCUT2D eigenvalue weighted by molar-refractivity contribution is 0.0827. The molecule has 1 aromatic heterocycles. The Morgan fingerprint density at radius 3 is 2.58 bits per heavy atom. The normalized spacial score (nSPS) is 10.1. The molecule has 0 saturated heterocycles. The second-order valence-corrected chi connectivity index (χ2v) is 5.45. The molecular formula is C18H20N4O2. The largest absolute Gasteiger partial charge is 0.437 e. The first-order chi connectivity index (χ1) is 11.5.